The Labute approximate surface area is 169 Å². The summed E-state index contributed by atoms with van der Waals surface area (Å²) in [6, 6.07) is 3.87. The first-order valence-electron chi connectivity index (χ1n) is 9.37. The Morgan fingerprint density at radius 2 is 1.79 bits per heavy atom. The van der Waals surface area contributed by atoms with E-state index in [-0.39, 0.29) is 24.9 Å². The molecular weight excluding hydrogens is 370 g/mol. The molecule has 0 fully saturated rings. The highest BCUT2D eigenvalue weighted by Crippen LogP contribution is 2.31. The van der Waals surface area contributed by atoms with Gasteiger partial charge in [0, 0.05) is 35.1 Å². The lowest BCUT2D eigenvalue weighted by molar-refractivity contribution is -0.155. The van der Waals surface area contributed by atoms with E-state index in [4.69, 9.17) is 9.84 Å². The molecule has 2 aromatic heterocycles. The van der Waals surface area contributed by atoms with E-state index < -0.39 is 5.60 Å². The molecule has 2 heterocycles. The van der Waals surface area contributed by atoms with Gasteiger partial charge in [-0.25, -0.2) is 9.97 Å². The quantitative estimate of drug-likeness (QED) is 0.525. The summed E-state index contributed by atoms with van der Waals surface area (Å²) in [6.45, 7) is 8.71. The Balaban J connectivity index is 2.09. The van der Waals surface area contributed by atoms with E-state index in [9.17, 15) is 9.59 Å². The number of benzene rings is 1. The van der Waals surface area contributed by atoms with Crippen LogP contribution in [0.15, 0.2) is 30.7 Å². The van der Waals surface area contributed by atoms with Gasteiger partial charge < -0.3 is 14.4 Å². The standard InChI is InChI=1S/C22H25N3O4/c1-13-6-15(16-8-23-19(12-26)24-9-16)7-17-18(14(2)27)10-25(21(13)17)11-20(28)29-22(3,4)5/h6-10,26H,11-12H2,1-5H3. The molecule has 0 aliphatic rings. The van der Waals surface area contributed by atoms with Gasteiger partial charge in [-0.15, -0.1) is 0 Å². The third kappa shape index (κ3) is 4.51. The number of aliphatic hydroxyl groups is 1. The molecule has 0 saturated carbocycles. The molecule has 0 amide bonds. The summed E-state index contributed by atoms with van der Waals surface area (Å²) in [7, 11) is 0. The normalized spacial score (nSPS) is 11.7. The molecule has 7 heteroatoms. The Hall–Kier alpha value is -3.06. The number of rotatable bonds is 5. The first-order valence-corrected chi connectivity index (χ1v) is 9.37. The monoisotopic (exact) mass is 395 g/mol. The average molecular weight is 395 g/mol. The van der Waals surface area contributed by atoms with Gasteiger partial charge in [0.2, 0.25) is 0 Å². The van der Waals surface area contributed by atoms with Gasteiger partial charge in [-0.1, -0.05) is 0 Å². The van der Waals surface area contributed by atoms with E-state index in [0.29, 0.717) is 11.4 Å². The minimum Gasteiger partial charge on any atom is -0.459 e. The Morgan fingerprint density at radius 1 is 1.14 bits per heavy atom. The second kappa shape index (κ2) is 7.75. The molecule has 1 N–H and O–H groups in total. The number of esters is 1. The minimum atomic E-state index is -0.577. The summed E-state index contributed by atoms with van der Waals surface area (Å²) in [5.74, 6) is -0.0955. The van der Waals surface area contributed by atoms with Gasteiger partial charge in [-0.3, -0.25) is 9.59 Å². The number of hydrogen-bond acceptors (Lipinski definition) is 6. The summed E-state index contributed by atoms with van der Waals surface area (Å²) in [5.41, 5.74) is 3.34. The predicted octanol–water partition coefficient (Wildman–Crippen LogP) is 3.44. The maximum Gasteiger partial charge on any atom is 0.326 e. The fraction of sp³-hybridized carbons (Fsp3) is 0.364. The molecule has 1 aromatic carbocycles. The van der Waals surface area contributed by atoms with Crippen LogP contribution < -0.4 is 0 Å². The number of ketones is 1. The van der Waals surface area contributed by atoms with Crippen molar-refractivity contribution in [1.29, 1.82) is 0 Å². The first-order chi connectivity index (χ1) is 13.6. The van der Waals surface area contributed by atoms with Crippen LogP contribution in [0.25, 0.3) is 22.0 Å². The van der Waals surface area contributed by atoms with Gasteiger partial charge in [-0.2, -0.15) is 0 Å². The van der Waals surface area contributed by atoms with E-state index in [2.05, 4.69) is 9.97 Å². The number of fused-ring (bicyclic) bond motifs is 1. The van der Waals surface area contributed by atoms with Crippen LogP contribution in [0.4, 0.5) is 0 Å². The summed E-state index contributed by atoms with van der Waals surface area (Å²) in [4.78, 5) is 32.8. The van der Waals surface area contributed by atoms with Crippen LogP contribution in [0.1, 0.15) is 49.4 Å². The van der Waals surface area contributed by atoms with E-state index in [0.717, 1.165) is 27.6 Å². The average Bonchev–Trinajstić information content (AvgIpc) is 2.99. The van der Waals surface area contributed by atoms with Crippen molar-refractivity contribution in [2.24, 2.45) is 0 Å². The highest BCUT2D eigenvalue weighted by atomic mass is 16.6. The largest absolute Gasteiger partial charge is 0.459 e. The number of aryl methyl sites for hydroxylation is 1. The van der Waals surface area contributed by atoms with Crippen molar-refractivity contribution in [1.82, 2.24) is 14.5 Å². The number of aliphatic hydroxyl groups excluding tert-OH is 1. The van der Waals surface area contributed by atoms with Crippen LogP contribution >= 0.6 is 0 Å². The predicted molar refractivity (Wildman–Crippen MR) is 109 cm³/mol. The Morgan fingerprint density at radius 3 is 2.34 bits per heavy atom. The highest BCUT2D eigenvalue weighted by molar-refractivity contribution is 6.08. The van der Waals surface area contributed by atoms with Crippen molar-refractivity contribution in [3.8, 4) is 11.1 Å². The molecule has 0 radical (unpaired) electrons. The van der Waals surface area contributed by atoms with Crippen molar-refractivity contribution < 1.29 is 19.4 Å². The van der Waals surface area contributed by atoms with Gasteiger partial charge in [0.1, 0.15) is 18.8 Å². The van der Waals surface area contributed by atoms with Crippen LogP contribution in [-0.2, 0) is 22.7 Å². The SMILES string of the molecule is CC(=O)c1cn(CC(=O)OC(C)(C)C)c2c(C)cc(-c3cnc(CO)nc3)cc12. The molecule has 3 rings (SSSR count). The Bertz CT molecular complexity index is 1080. The van der Waals surface area contributed by atoms with Crippen molar-refractivity contribution in [3.05, 3.63) is 47.7 Å². The van der Waals surface area contributed by atoms with Crippen LogP contribution in [0.2, 0.25) is 0 Å². The first kappa shape index (κ1) is 20.7. The van der Waals surface area contributed by atoms with Gasteiger partial charge in [0.05, 0.1) is 5.52 Å². The molecule has 0 aliphatic carbocycles. The lowest BCUT2D eigenvalue weighted by atomic mass is 10.0. The van der Waals surface area contributed by atoms with Crippen molar-refractivity contribution >= 4 is 22.7 Å². The molecule has 29 heavy (non-hydrogen) atoms. The summed E-state index contributed by atoms with van der Waals surface area (Å²) in [6.07, 6.45) is 4.99. The molecule has 0 atom stereocenters. The molecule has 0 spiro atoms. The summed E-state index contributed by atoms with van der Waals surface area (Å²) >= 11 is 0. The zero-order valence-electron chi connectivity index (χ0n) is 17.3. The maximum absolute atomic E-state index is 12.3. The molecule has 0 aliphatic heterocycles. The number of aromatic nitrogens is 3. The number of carbonyl (C=O) groups excluding carboxylic acids is 2. The molecule has 0 saturated heterocycles. The second-order valence-electron chi connectivity index (χ2n) is 8.05. The fourth-order valence-electron chi connectivity index (χ4n) is 3.33. The number of carbonyl (C=O) groups is 2. The third-order valence-electron chi connectivity index (χ3n) is 4.44. The summed E-state index contributed by atoms with van der Waals surface area (Å²) in [5, 5.41) is 9.89. The number of hydrogen-bond donors (Lipinski definition) is 1. The Kier molecular flexibility index (Phi) is 5.53. The smallest absolute Gasteiger partial charge is 0.326 e. The van der Waals surface area contributed by atoms with Crippen molar-refractivity contribution in [2.45, 2.75) is 53.4 Å². The van der Waals surface area contributed by atoms with E-state index in [1.54, 1.807) is 23.2 Å². The molecular formula is C22H25N3O4. The maximum atomic E-state index is 12.3. The highest BCUT2D eigenvalue weighted by Gasteiger charge is 2.20. The zero-order valence-corrected chi connectivity index (χ0v) is 17.3. The van der Waals surface area contributed by atoms with Gasteiger partial charge in [-0.05, 0) is 57.9 Å². The number of nitrogens with zero attached hydrogens (tertiary/aromatic N) is 3. The van der Waals surface area contributed by atoms with Crippen molar-refractivity contribution in [3.63, 3.8) is 0 Å². The van der Waals surface area contributed by atoms with Gasteiger partial charge >= 0.3 is 5.97 Å². The summed E-state index contributed by atoms with van der Waals surface area (Å²) < 4.78 is 7.20. The van der Waals surface area contributed by atoms with Gasteiger partial charge in [0.15, 0.2) is 11.6 Å². The van der Waals surface area contributed by atoms with Crippen molar-refractivity contribution in [2.75, 3.05) is 0 Å². The number of ether oxygens (including phenoxy) is 1. The lowest BCUT2D eigenvalue weighted by Gasteiger charge is -2.20. The van der Waals surface area contributed by atoms with E-state index >= 15 is 0 Å². The number of Topliss-reactive ketones (excluding diaryl/α,β-unsaturated/α-hetero) is 1. The molecule has 152 valence electrons. The van der Waals surface area contributed by atoms with E-state index in [1.807, 2.05) is 39.8 Å². The third-order valence-corrected chi connectivity index (χ3v) is 4.44. The second-order valence-corrected chi connectivity index (χ2v) is 8.05. The van der Waals surface area contributed by atoms with Crippen LogP contribution in [0.5, 0.6) is 0 Å². The molecule has 3 aromatic rings. The van der Waals surface area contributed by atoms with E-state index in [1.165, 1.54) is 6.92 Å². The zero-order chi connectivity index (χ0) is 21.3. The minimum absolute atomic E-state index is 0.0234. The molecule has 7 nitrogen and oxygen atoms in total. The van der Waals surface area contributed by atoms with Crippen LogP contribution in [0, 0.1) is 6.92 Å². The topological polar surface area (TPSA) is 94.3 Å². The molecule has 0 unspecified atom stereocenters. The van der Waals surface area contributed by atoms with Crippen LogP contribution in [-0.4, -0.2) is 37.0 Å². The van der Waals surface area contributed by atoms with Gasteiger partial charge in [0.25, 0.3) is 0 Å². The lowest BCUT2D eigenvalue weighted by Crippen LogP contribution is -2.26. The fourth-order valence-corrected chi connectivity index (χ4v) is 3.33. The molecule has 0 bridgehead atoms. The van der Waals surface area contributed by atoms with Crippen LogP contribution in [0.3, 0.4) is 0 Å².